The van der Waals surface area contributed by atoms with Crippen molar-refractivity contribution >= 4 is 5.69 Å². The molecule has 3 nitrogen and oxygen atoms in total. The van der Waals surface area contributed by atoms with E-state index in [0.29, 0.717) is 0 Å². The second kappa shape index (κ2) is 5.85. The predicted octanol–water partition coefficient (Wildman–Crippen LogP) is 2.73. The SMILES string of the molecule is CN1CCC(C2CCN(c3ccc(C#N)cc3)C2)CC1. The molecule has 0 bridgehead atoms. The molecule has 0 amide bonds. The number of anilines is 1. The third kappa shape index (κ3) is 2.81. The second-order valence-electron chi connectivity index (χ2n) is 6.29. The fourth-order valence-electron chi connectivity index (χ4n) is 3.65. The Morgan fingerprint density at radius 3 is 2.30 bits per heavy atom. The number of nitrogens with zero attached hydrogens (tertiary/aromatic N) is 3. The van der Waals surface area contributed by atoms with Crippen molar-refractivity contribution in [2.45, 2.75) is 19.3 Å². The molecule has 0 aromatic heterocycles. The van der Waals surface area contributed by atoms with Crippen LogP contribution in [0.2, 0.25) is 0 Å². The number of hydrogen-bond acceptors (Lipinski definition) is 3. The maximum Gasteiger partial charge on any atom is 0.0991 e. The summed E-state index contributed by atoms with van der Waals surface area (Å²) < 4.78 is 0. The highest BCUT2D eigenvalue weighted by Gasteiger charge is 2.31. The maximum absolute atomic E-state index is 8.86. The van der Waals surface area contributed by atoms with Crippen LogP contribution in [0.25, 0.3) is 0 Å². The molecule has 0 radical (unpaired) electrons. The smallest absolute Gasteiger partial charge is 0.0991 e. The average Bonchev–Trinajstić information content (AvgIpc) is 2.98. The van der Waals surface area contributed by atoms with Crippen molar-refractivity contribution in [3.05, 3.63) is 29.8 Å². The van der Waals surface area contributed by atoms with Crippen LogP contribution in [0.1, 0.15) is 24.8 Å². The fraction of sp³-hybridized carbons (Fsp3) is 0.588. The third-order valence-electron chi connectivity index (χ3n) is 5.02. The Labute approximate surface area is 121 Å². The van der Waals surface area contributed by atoms with Crippen molar-refractivity contribution in [1.82, 2.24) is 4.90 Å². The van der Waals surface area contributed by atoms with Gasteiger partial charge in [0.2, 0.25) is 0 Å². The topological polar surface area (TPSA) is 30.3 Å². The molecule has 1 atom stereocenters. The van der Waals surface area contributed by atoms with Crippen LogP contribution in [-0.2, 0) is 0 Å². The Kier molecular flexibility index (Phi) is 3.93. The Hall–Kier alpha value is -1.53. The molecule has 2 aliphatic rings. The van der Waals surface area contributed by atoms with Gasteiger partial charge in [-0.3, -0.25) is 0 Å². The highest BCUT2D eigenvalue weighted by Crippen LogP contribution is 2.33. The lowest BCUT2D eigenvalue weighted by molar-refractivity contribution is 0.178. The quantitative estimate of drug-likeness (QED) is 0.827. The Bertz CT molecular complexity index is 480. The average molecular weight is 269 g/mol. The van der Waals surface area contributed by atoms with Crippen LogP contribution < -0.4 is 4.90 Å². The van der Waals surface area contributed by atoms with Crippen molar-refractivity contribution in [3.63, 3.8) is 0 Å². The second-order valence-corrected chi connectivity index (χ2v) is 6.29. The van der Waals surface area contributed by atoms with Gasteiger partial charge in [0.05, 0.1) is 11.6 Å². The van der Waals surface area contributed by atoms with Gasteiger partial charge in [0.25, 0.3) is 0 Å². The molecule has 0 aliphatic carbocycles. The van der Waals surface area contributed by atoms with Crippen LogP contribution in [0.4, 0.5) is 5.69 Å². The van der Waals surface area contributed by atoms with Crippen molar-refractivity contribution in [2.75, 3.05) is 38.1 Å². The molecule has 1 unspecified atom stereocenters. The molecule has 2 aliphatic heterocycles. The molecular weight excluding hydrogens is 246 g/mol. The molecule has 0 spiro atoms. The largest absolute Gasteiger partial charge is 0.371 e. The molecule has 20 heavy (non-hydrogen) atoms. The van der Waals surface area contributed by atoms with Crippen LogP contribution in [0.3, 0.4) is 0 Å². The van der Waals surface area contributed by atoms with E-state index < -0.39 is 0 Å². The molecule has 3 heteroatoms. The highest BCUT2D eigenvalue weighted by atomic mass is 15.2. The van der Waals surface area contributed by atoms with Gasteiger partial charge >= 0.3 is 0 Å². The molecule has 0 N–H and O–H groups in total. The van der Waals surface area contributed by atoms with Crippen LogP contribution >= 0.6 is 0 Å². The molecule has 1 aromatic carbocycles. The van der Waals surface area contributed by atoms with Crippen LogP contribution in [0, 0.1) is 23.2 Å². The summed E-state index contributed by atoms with van der Waals surface area (Å²) in [4.78, 5) is 4.94. The van der Waals surface area contributed by atoms with Crippen LogP contribution in [-0.4, -0.2) is 38.1 Å². The molecule has 2 heterocycles. The van der Waals surface area contributed by atoms with Crippen LogP contribution in [0.5, 0.6) is 0 Å². The lowest BCUT2D eigenvalue weighted by Gasteiger charge is -2.32. The zero-order chi connectivity index (χ0) is 13.9. The highest BCUT2D eigenvalue weighted by molar-refractivity contribution is 5.50. The molecule has 3 rings (SSSR count). The summed E-state index contributed by atoms with van der Waals surface area (Å²) in [6.45, 7) is 4.89. The van der Waals surface area contributed by atoms with E-state index in [1.54, 1.807) is 0 Å². The monoisotopic (exact) mass is 269 g/mol. The minimum atomic E-state index is 0.750. The van der Waals surface area contributed by atoms with Crippen molar-refractivity contribution in [2.24, 2.45) is 11.8 Å². The minimum Gasteiger partial charge on any atom is -0.371 e. The lowest BCUT2D eigenvalue weighted by Crippen LogP contribution is -2.34. The van der Waals surface area contributed by atoms with Gasteiger partial charge in [-0.1, -0.05) is 0 Å². The molecule has 2 saturated heterocycles. The summed E-state index contributed by atoms with van der Waals surface area (Å²) in [5, 5.41) is 8.86. The zero-order valence-electron chi connectivity index (χ0n) is 12.3. The van der Waals surface area contributed by atoms with E-state index in [4.69, 9.17) is 5.26 Å². The van der Waals surface area contributed by atoms with Gasteiger partial charge in [0.1, 0.15) is 0 Å². The number of likely N-dealkylation sites (tertiary alicyclic amines) is 1. The Balaban J connectivity index is 1.60. The molecule has 106 valence electrons. The molecule has 2 fully saturated rings. The van der Waals surface area contributed by atoms with Crippen molar-refractivity contribution in [3.8, 4) is 6.07 Å². The van der Waals surface area contributed by atoms with E-state index >= 15 is 0 Å². The summed E-state index contributed by atoms with van der Waals surface area (Å²) in [6.07, 6.45) is 4.05. The van der Waals surface area contributed by atoms with Gasteiger partial charge < -0.3 is 9.80 Å². The standard InChI is InChI=1S/C17H23N3/c1-19-9-6-15(7-10-19)16-8-11-20(13-16)17-4-2-14(12-18)3-5-17/h2-5,15-16H,6-11,13H2,1H3. The van der Waals surface area contributed by atoms with Gasteiger partial charge in [-0.25, -0.2) is 0 Å². The summed E-state index contributed by atoms with van der Waals surface area (Å²) in [5.74, 6) is 1.77. The van der Waals surface area contributed by atoms with Gasteiger partial charge in [0.15, 0.2) is 0 Å². The van der Waals surface area contributed by atoms with E-state index in [0.717, 1.165) is 17.4 Å². The van der Waals surface area contributed by atoms with E-state index in [2.05, 4.69) is 35.0 Å². The first-order chi connectivity index (χ1) is 9.76. The first-order valence-corrected chi connectivity index (χ1v) is 7.70. The van der Waals surface area contributed by atoms with E-state index in [9.17, 15) is 0 Å². The van der Waals surface area contributed by atoms with Gasteiger partial charge in [-0.15, -0.1) is 0 Å². The van der Waals surface area contributed by atoms with Gasteiger partial charge in [-0.05, 0) is 75.5 Å². The van der Waals surface area contributed by atoms with Crippen LogP contribution in [0.15, 0.2) is 24.3 Å². The van der Waals surface area contributed by atoms with E-state index in [1.807, 2.05) is 12.1 Å². The molecular formula is C17H23N3. The molecule has 0 saturated carbocycles. The maximum atomic E-state index is 8.86. The minimum absolute atomic E-state index is 0.750. The zero-order valence-corrected chi connectivity index (χ0v) is 12.3. The first-order valence-electron chi connectivity index (χ1n) is 7.70. The first kappa shape index (κ1) is 13.5. The normalized spacial score (nSPS) is 24.8. The van der Waals surface area contributed by atoms with E-state index in [1.165, 1.54) is 51.1 Å². The third-order valence-corrected chi connectivity index (χ3v) is 5.02. The summed E-state index contributed by atoms with van der Waals surface area (Å²) in [7, 11) is 2.23. The summed E-state index contributed by atoms with van der Waals surface area (Å²) >= 11 is 0. The number of benzene rings is 1. The lowest BCUT2D eigenvalue weighted by atomic mass is 9.84. The van der Waals surface area contributed by atoms with E-state index in [-0.39, 0.29) is 0 Å². The number of nitriles is 1. The predicted molar refractivity (Wildman–Crippen MR) is 81.7 cm³/mol. The van der Waals surface area contributed by atoms with Crippen molar-refractivity contribution in [1.29, 1.82) is 5.26 Å². The summed E-state index contributed by atoms with van der Waals surface area (Å²) in [6, 6.07) is 10.2. The van der Waals surface area contributed by atoms with Crippen molar-refractivity contribution < 1.29 is 0 Å². The summed E-state index contributed by atoms with van der Waals surface area (Å²) in [5.41, 5.74) is 2.03. The number of piperidine rings is 1. The number of rotatable bonds is 2. The number of hydrogen-bond donors (Lipinski definition) is 0. The Morgan fingerprint density at radius 1 is 1.00 bits per heavy atom. The van der Waals surface area contributed by atoms with Gasteiger partial charge in [-0.2, -0.15) is 5.26 Å². The Morgan fingerprint density at radius 2 is 1.65 bits per heavy atom. The fourth-order valence-corrected chi connectivity index (χ4v) is 3.65. The van der Waals surface area contributed by atoms with Gasteiger partial charge in [0, 0.05) is 18.8 Å². The molecule has 1 aromatic rings.